The van der Waals surface area contributed by atoms with Crippen LogP contribution >= 0.6 is 11.3 Å². The van der Waals surface area contributed by atoms with Crippen LogP contribution in [0.4, 0.5) is 0 Å². The molecule has 5 rings (SSSR count). The van der Waals surface area contributed by atoms with Crippen molar-refractivity contribution in [3.63, 3.8) is 0 Å². The molecule has 0 spiro atoms. The lowest BCUT2D eigenvalue weighted by molar-refractivity contribution is -0.136. The quantitative estimate of drug-likeness (QED) is 0.564. The zero-order valence-electron chi connectivity index (χ0n) is 20.0. The standard InChI is InChI=1S/C25H31N5O4S/c1-15(2)27-19-7-9-29(14-23-26-8-10-35-23)13-21(19)34-17-3-4-18-16(11-17)12-30(25(18)33)20-5-6-22(31)28-24(20)32/h3-4,8,10-11,15,19-21,27H,5-7,9,12-14H2,1-2H3,(H,28,31,32)/t19-,20?,21-/m0/s1. The highest BCUT2D eigenvalue weighted by Gasteiger charge is 2.39. The molecule has 1 aromatic carbocycles. The number of aromatic nitrogens is 1. The van der Waals surface area contributed by atoms with Crippen LogP contribution in [-0.4, -0.2) is 69.8 Å². The lowest BCUT2D eigenvalue weighted by Crippen LogP contribution is -2.56. The van der Waals surface area contributed by atoms with E-state index in [1.165, 1.54) is 0 Å². The molecule has 4 heterocycles. The largest absolute Gasteiger partial charge is 0.487 e. The van der Waals surface area contributed by atoms with Crippen molar-refractivity contribution in [1.29, 1.82) is 0 Å². The number of thiazole rings is 1. The predicted molar refractivity (Wildman–Crippen MR) is 131 cm³/mol. The lowest BCUT2D eigenvalue weighted by atomic mass is 10.0. The number of nitrogens with zero attached hydrogens (tertiary/aromatic N) is 3. The topological polar surface area (TPSA) is 104 Å². The van der Waals surface area contributed by atoms with E-state index in [-0.39, 0.29) is 30.4 Å². The number of likely N-dealkylation sites (tertiary alicyclic amines) is 1. The van der Waals surface area contributed by atoms with Crippen LogP contribution in [0.1, 0.15) is 54.0 Å². The number of rotatable bonds is 7. The second kappa shape index (κ2) is 10.0. The molecule has 10 heteroatoms. The molecular formula is C25H31N5O4S. The molecule has 3 amide bonds. The molecule has 0 saturated carbocycles. The molecular weight excluding hydrogens is 466 g/mol. The van der Waals surface area contributed by atoms with Crippen molar-refractivity contribution in [1.82, 2.24) is 25.4 Å². The van der Waals surface area contributed by atoms with Crippen molar-refractivity contribution in [3.05, 3.63) is 45.9 Å². The van der Waals surface area contributed by atoms with Crippen LogP contribution in [0.15, 0.2) is 29.8 Å². The number of piperidine rings is 2. The van der Waals surface area contributed by atoms with Gasteiger partial charge in [0.2, 0.25) is 11.8 Å². The summed E-state index contributed by atoms with van der Waals surface area (Å²) in [6.07, 6.45) is 3.36. The van der Waals surface area contributed by atoms with Gasteiger partial charge in [-0.3, -0.25) is 24.6 Å². The number of carbonyl (C=O) groups is 3. The summed E-state index contributed by atoms with van der Waals surface area (Å²) in [7, 11) is 0. The summed E-state index contributed by atoms with van der Waals surface area (Å²) < 4.78 is 6.52. The number of fused-ring (bicyclic) bond motifs is 1. The molecule has 2 aromatic rings. The zero-order valence-corrected chi connectivity index (χ0v) is 20.8. The minimum absolute atomic E-state index is 0.0486. The van der Waals surface area contributed by atoms with E-state index in [0.717, 1.165) is 42.4 Å². The van der Waals surface area contributed by atoms with E-state index in [9.17, 15) is 14.4 Å². The molecule has 3 aliphatic heterocycles. The minimum atomic E-state index is -0.616. The number of imide groups is 1. The van der Waals surface area contributed by atoms with Gasteiger partial charge in [-0.15, -0.1) is 11.3 Å². The Bertz CT molecular complexity index is 1110. The maximum Gasteiger partial charge on any atom is 0.255 e. The van der Waals surface area contributed by atoms with Gasteiger partial charge in [0.15, 0.2) is 0 Å². The summed E-state index contributed by atoms with van der Waals surface area (Å²) in [5.74, 6) is -0.137. The summed E-state index contributed by atoms with van der Waals surface area (Å²) in [5, 5.41) is 9.10. The Hall–Kier alpha value is -2.82. The number of hydrogen-bond donors (Lipinski definition) is 2. The molecule has 0 radical (unpaired) electrons. The Morgan fingerprint density at radius 2 is 2.11 bits per heavy atom. The van der Waals surface area contributed by atoms with E-state index < -0.39 is 11.9 Å². The van der Waals surface area contributed by atoms with Crippen molar-refractivity contribution < 1.29 is 19.1 Å². The summed E-state index contributed by atoms with van der Waals surface area (Å²) in [6.45, 7) is 7.19. The highest BCUT2D eigenvalue weighted by Crippen LogP contribution is 2.31. The van der Waals surface area contributed by atoms with Gasteiger partial charge < -0.3 is 15.0 Å². The smallest absolute Gasteiger partial charge is 0.255 e. The van der Waals surface area contributed by atoms with Gasteiger partial charge in [-0.1, -0.05) is 13.8 Å². The van der Waals surface area contributed by atoms with E-state index in [2.05, 4.69) is 34.4 Å². The maximum atomic E-state index is 13.0. The van der Waals surface area contributed by atoms with Gasteiger partial charge in [0.25, 0.3) is 5.91 Å². The van der Waals surface area contributed by atoms with Gasteiger partial charge >= 0.3 is 0 Å². The van der Waals surface area contributed by atoms with E-state index in [0.29, 0.717) is 24.6 Å². The number of carbonyl (C=O) groups excluding carboxylic acids is 3. The Morgan fingerprint density at radius 1 is 1.26 bits per heavy atom. The van der Waals surface area contributed by atoms with E-state index in [1.807, 2.05) is 23.7 Å². The molecule has 2 N–H and O–H groups in total. The first-order valence-electron chi connectivity index (χ1n) is 12.2. The van der Waals surface area contributed by atoms with Crippen LogP contribution in [0.5, 0.6) is 5.75 Å². The molecule has 35 heavy (non-hydrogen) atoms. The van der Waals surface area contributed by atoms with Crippen molar-refractivity contribution in [2.75, 3.05) is 13.1 Å². The van der Waals surface area contributed by atoms with Crippen molar-refractivity contribution in [2.45, 2.75) is 70.4 Å². The fourth-order valence-electron chi connectivity index (χ4n) is 5.18. The van der Waals surface area contributed by atoms with Crippen molar-refractivity contribution in [2.24, 2.45) is 0 Å². The van der Waals surface area contributed by atoms with Gasteiger partial charge in [-0.05, 0) is 36.6 Å². The molecule has 3 atom stereocenters. The number of benzene rings is 1. The van der Waals surface area contributed by atoms with E-state index >= 15 is 0 Å². The number of amides is 3. The summed E-state index contributed by atoms with van der Waals surface area (Å²) in [6, 6.07) is 5.51. The Labute approximate surface area is 208 Å². The minimum Gasteiger partial charge on any atom is -0.487 e. The third-order valence-electron chi connectivity index (χ3n) is 6.82. The van der Waals surface area contributed by atoms with Crippen LogP contribution in [0.25, 0.3) is 0 Å². The van der Waals surface area contributed by atoms with Gasteiger partial charge in [0, 0.05) is 55.3 Å². The van der Waals surface area contributed by atoms with Gasteiger partial charge in [-0.2, -0.15) is 0 Å². The third-order valence-corrected chi connectivity index (χ3v) is 7.58. The van der Waals surface area contributed by atoms with Crippen LogP contribution in [0, 0.1) is 0 Å². The lowest BCUT2D eigenvalue weighted by Gasteiger charge is -2.39. The molecule has 1 aromatic heterocycles. The van der Waals surface area contributed by atoms with Crippen LogP contribution in [-0.2, 0) is 22.7 Å². The second-order valence-electron chi connectivity index (χ2n) is 9.75. The van der Waals surface area contributed by atoms with Crippen molar-refractivity contribution in [3.8, 4) is 5.75 Å². The van der Waals surface area contributed by atoms with Gasteiger partial charge in [-0.25, -0.2) is 4.98 Å². The summed E-state index contributed by atoms with van der Waals surface area (Å²) >= 11 is 1.67. The fraction of sp³-hybridized carbons (Fsp3) is 0.520. The third kappa shape index (κ3) is 5.24. The SMILES string of the molecule is CC(C)N[C@H]1CCN(Cc2nccs2)C[C@@H]1Oc1ccc2c(c1)CN(C1CCC(=O)NC1=O)C2=O. The molecule has 2 saturated heterocycles. The summed E-state index contributed by atoms with van der Waals surface area (Å²) in [4.78, 5) is 45.2. The monoisotopic (exact) mass is 497 g/mol. The Balaban J connectivity index is 1.29. The molecule has 1 unspecified atom stereocenters. The van der Waals surface area contributed by atoms with Crippen LogP contribution in [0.2, 0.25) is 0 Å². The highest BCUT2D eigenvalue weighted by molar-refractivity contribution is 7.09. The summed E-state index contributed by atoms with van der Waals surface area (Å²) in [5.41, 5.74) is 1.44. The zero-order chi connectivity index (χ0) is 24.5. The average Bonchev–Trinajstić information content (AvgIpc) is 3.43. The molecule has 186 valence electrons. The Kier molecular flexibility index (Phi) is 6.86. The predicted octanol–water partition coefficient (Wildman–Crippen LogP) is 1.92. The Morgan fingerprint density at radius 3 is 2.86 bits per heavy atom. The van der Waals surface area contributed by atoms with Crippen LogP contribution in [0.3, 0.4) is 0 Å². The van der Waals surface area contributed by atoms with Crippen LogP contribution < -0.4 is 15.4 Å². The van der Waals surface area contributed by atoms with E-state index in [4.69, 9.17) is 4.74 Å². The van der Waals surface area contributed by atoms with Crippen molar-refractivity contribution >= 4 is 29.1 Å². The average molecular weight is 498 g/mol. The number of ether oxygens (including phenoxy) is 1. The molecule has 9 nitrogen and oxygen atoms in total. The molecule has 2 fully saturated rings. The first-order chi connectivity index (χ1) is 16.9. The highest BCUT2D eigenvalue weighted by atomic mass is 32.1. The van der Waals surface area contributed by atoms with E-state index in [1.54, 1.807) is 22.3 Å². The molecule has 0 bridgehead atoms. The fourth-order valence-corrected chi connectivity index (χ4v) is 5.84. The number of nitrogens with one attached hydrogen (secondary N) is 2. The first kappa shape index (κ1) is 23.9. The van der Waals surface area contributed by atoms with Gasteiger partial charge in [0.05, 0.1) is 6.54 Å². The molecule has 3 aliphatic rings. The van der Waals surface area contributed by atoms with Gasteiger partial charge in [0.1, 0.15) is 22.9 Å². The normalized spacial score (nSPS) is 25.2. The maximum absolute atomic E-state index is 13.0. The molecule has 0 aliphatic carbocycles. The number of hydrogen-bond acceptors (Lipinski definition) is 8. The second-order valence-corrected chi connectivity index (χ2v) is 10.7. The first-order valence-corrected chi connectivity index (χ1v) is 13.1.